The quantitative estimate of drug-likeness (QED) is 0.438. The van der Waals surface area contributed by atoms with Crippen LogP contribution in [0.25, 0.3) is 10.9 Å². The lowest BCUT2D eigenvalue weighted by atomic mass is 9.92. The lowest BCUT2D eigenvalue weighted by molar-refractivity contribution is 0.135. The van der Waals surface area contributed by atoms with E-state index in [1.165, 1.54) is 24.3 Å². The third kappa shape index (κ3) is 4.05. The molecule has 2 unspecified atom stereocenters. The molecule has 1 aliphatic rings. The molecule has 1 amide bonds. The zero-order valence-corrected chi connectivity index (χ0v) is 19.5. The molecule has 34 heavy (non-hydrogen) atoms. The van der Waals surface area contributed by atoms with Gasteiger partial charge in [0.15, 0.2) is 0 Å². The van der Waals surface area contributed by atoms with Gasteiger partial charge in [0, 0.05) is 45.1 Å². The van der Waals surface area contributed by atoms with E-state index in [1.54, 1.807) is 18.3 Å². The van der Waals surface area contributed by atoms with Crippen molar-refractivity contribution in [2.75, 3.05) is 19.9 Å². The maximum absolute atomic E-state index is 13.3. The molecule has 0 saturated carbocycles. The average molecular weight is 479 g/mol. The summed E-state index contributed by atoms with van der Waals surface area (Å²) >= 11 is 0. The molecule has 0 fully saturated rings. The number of rotatable bonds is 4. The standard InChI is InChI=1S/C26H23FN2O4S/c1-32-18-7-3-16(4-8-18)25-24-21(22-15-20(34(2)31)11-12-23(22)28-24)13-14-29(25)26(30)33-19-9-5-17(27)6-10-19/h3-12,15,25,28H,13-14H2,1-2H3. The van der Waals surface area contributed by atoms with Gasteiger partial charge in [0.25, 0.3) is 0 Å². The lowest BCUT2D eigenvalue weighted by Crippen LogP contribution is -2.42. The van der Waals surface area contributed by atoms with E-state index in [-0.39, 0.29) is 5.75 Å². The summed E-state index contributed by atoms with van der Waals surface area (Å²) in [6, 6.07) is 18.2. The summed E-state index contributed by atoms with van der Waals surface area (Å²) in [6.07, 6.45) is 1.75. The van der Waals surface area contributed by atoms with Crippen LogP contribution < -0.4 is 9.47 Å². The number of hydrogen-bond donors (Lipinski definition) is 1. The predicted molar refractivity (Wildman–Crippen MR) is 128 cm³/mol. The molecule has 3 aromatic carbocycles. The van der Waals surface area contributed by atoms with E-state index in [4.69, 9.17) is 9.47 Å². The highest BCUT2D eigenvalue weighted by Gasteiger charge is 2.35. The van der Waals surface area contributed by atoms with Crippen LogP contribution >= 0.6 is 0 Å². The van der Waals surface area contributed by atoms with Crippen LogP contribution in [-0.2, 0) is 17.2 Å². The topological polar surface area (TPSA) is 71.6 Å². The van der Waals surface area contributed by atoms with Gasteiger partial charge in [-0.05, 0) is 72.1 Å². The number of fused-ring (bicyclic) bond motifs is 3. The van der Waals surface area contributed by atoms with E-state index in [0.29, 0.717) is 18.7 Å². The third-order valence-electron chi connectivity index (χ3n) is 6.12. The van der Waals surface area contributed by atoms with Crippen molar-refractivity contribution in [1.82, 2.24) is 9.88 Å². The maximum Gasteiger partial charge on any atom is 0.416 e. The highest BCUT2D eigenvalue weighted by atomic mass is 32.2. The summed E-state index contributed by atoms with van der Waals surface area (Å²) in [5.74, 6) is 0.591. The van der Waals surface area contributed by atoms with E-state index in [0.717, 1.165) is 32.6 Å². The number of aromatic nitrogens is 1. The van der Waals surface area contributed by atoms with Crippen LogP contribution in [0.1, 0.15) is 22.9 Å². The molecule has 1 aromatic heterocycles. The summed E-state index contributed by atoms with van der Waals surface area (Å²) in [5, 5.41) is 1.01. The molecule has 0 spiro atoms. The largest absolute Gasteiger partial charge is 0.497 e. The van der Waals surface area contributed by atoms with Gasteiger partial charge in [0.1, 0.15) is 23.4 Å². The smallest absolute Gasteiger partial charge is 0.416 e. The van der Waals surface area contributed by atoms with Gasteiger partial charge in [-0.3, -0.25) is 9.11 Å². The fourth-order valence-electron chi connectivity index (χ4n) is 4.44. The van der Waals surface area contributed by atoms with E-state index < -0.39 is 28.8 Å². The summed E-state index contributed by atoms with van der Waals surface area (Å²) in [7, 11) is 0.508. The monoisotopic (exact) mass is 478 g/mol. The molecule has 0 radical (unpaired) electrons. The number of H-pyrrole nitrogens is 1. The number of amides is 1. The predicted octanol–water partition coefficient (Wildman–Crippen LogP) is 5.20. The lowest BCUT2D eigenvalue weighted by Gasteiger charge is -2.35. The van der Waals surface area contributed by atoms with Crippen LogP contribution in [-0.4, -0.2) is 40.1 Å². The van der Waals surface area contributed by atoms with Crippen LogP contribution in [0.15, 0.2) is 71.6 Å². The minimum Gasteiger partial charge on any atom is -0.497 e. The maximum atomic E-state index is 13.3. The van der Waals surface area contributed by atoms with Crippen molar-refractivity contribution in [3.05, 3.63) is 89.4 Å². The van der Waals surface area contributed by atoms with Gasteiger partial charge in [-0.1, -0.05) is 12.1 Å². The summed E-state index contributed by atoms with van der Waals surface area (Å²) in [4.78, 5) is 19.2. The van der Waals surface area contributed by atoms with Crippen molar-refractivity contribution in [1.29, 1.82) is 0 Å². The summed E-state index contributed by atoms with van der Waals surface area (Å²) < 4.78 is 36.2. The number of halogens is 1. The number of aromatic amines is 1. The van der Waals surface area contributed by atoms with Crippen molar-refractivity contribution in [2.24, 2.45) is 0 Å². The second-order valence-electron chi connectivity index (χ2n) is 8.12. The Morgan fingerprint density at radius 2 is 1.76 bits per heavy atom. The van der Waals surface area contributed by atoms with Crippen molar-refractivity contribution < 1.29 is 22.9 Å². The Balaban J connectivity index is 1.58. The van der Waals surface area contributed by atoms with Crippen LogP contribution in [0.5, 0.6) is 11.5 Å². The molecular formula is C26H23FN2O4S. The molecule has 5 rings (SSSR count). The Labute approximate surface area is 198 Å². The Bertz CT molecular complexity index is 1380. The molecule has 6 nitrogen and oxygen atoms in total. The first-order valence-corrected chi connectivity index (χ1v) is 12.4. The normalized spacial score (nSPS) is 16.2. The van der Waals surface area contributed by atoms with Gasteiger partial charge in [0.2, 0.25) is 0 Å². The fourth-order valence-corrected chi connectivity index (χ4v) is 4.98. The molecule has 174 valence electrons. The number of carbonyl (C=O) groups excluding carboxylic acids is 1. The van der Waals surface area contributed by atoms with Crippen LogP contribution in [0, 0.1) is 5.82 Å². The van der Waals surface area contributed by atoms with Crippen molar-refractivity contribution >= 4 is 27.8 Å². The molecule has 1 N–H and O–H groups in total. The highest BCUT2D eigenvalue weighted by Crippen LogP contribution is 2.39. The second kappa shape index (κ2) is 8.95. The summed E-state index contributed by atoms with van der Waals surface area (Å²) in [6.45, 7) is 0.427. The van der Waals surface area contributed by atoms with Gasteiger partial charge in [-0.2, -0.15) is 0 Å². The second-order valence-corrected chi connectivity index (χ2v) is 9.50. The van der Waals surface area contributed by atoms with Crippen molar-refractivity contribution in [3.8, 4) is 11.5 Å². The van der Waals surface area contributed by atoms with Crippen molar-refractivity contribution in [3.63, 3.8) is 0 Å². The molecular weight excluding hydrogens is 455 g/mol. The van der Waals surface area contributed by atoms with Gasteiger partial charge in [-0.25, -0.2) is 9.18 Å². The molecule has 8 heteroatoms. The Hall–Kier alpha value is -3.65. The Morgan fingerprint density at radius 1 is 1.06 bits per heavy atom. The number of hydrogen-bond acceptors (Lipinski definition) is 4. The van der Waals surface area contributed by atoms with E-state index in [1.807, 2.05) is 42.5 Å². The summed E-state index contributed by atoms with van der Waals surface area (Å²) in [5.41, 5.74) is 3.80. The SMILES string of the molecule is COc1ccc(C2c3[nH]c4ccc(S(C)=O)cc4c3CCN2C(=O)Oc2ccc(F)cc2)cc1. The highest BCUT2D eigenvalue weighted by molar-refractivity contribution is 7.84. The Kier molecular flexibility index (Phi) is 5.83. The molecule has 2 atom stereocenters. The number of benzene rings is 3. The van der Waals surface area contributed by atoms with Gasteiger partial charge in [0.05, 0.1) is 7.11 Å². The van der Waals surface area contributed by atoms with Crippen LogP contribution in [0.3, 0.4) is 0 Å². The molecule has 0 bridgehead atoms. The van der Waals surface area contributed by atoms with Crippen molar-refractivity contribution in [2.45, 2.75) is 17.4 Å². The number of carbonyl (C=O) groups is 1. The number of methoxy groups -OCH3 is 1. The molecule has 1 aliphatic heterocycles. The minimum absolute atomic E-state index is 0.275. The third-order valence-corrected chi connectivity index (χ3v) is 7.03. The zero-order chi connectivity index (χ0) is 23.8. The first-order chi connectivity index (χ1) is 16.4. The molecule has 0 saturated heterocycles. The Morgan fingerprint density at radius 3 is 2.44 bits per heavy atom. The molecule has 2 heterocycles. The number of ether oxygens (including phenoxy) is 2. The fraction of sp³-hybridized carbons (Fsp3) is 0.192. The van der Waals surface area contributed by atoms with E-state index >= 15 is 0 Å². The molecule has 0 aliphatic carbocycles. The zero-order valence-electron chi connectivity index (χ0n) is 18.7. The average Bonchev–Trinajstić information content (AvgIpc) is 3.23. The first-order valence-electron chi connectivity index (χ1n) is 10.8. The number of nitrogens with zero attached hydrogens (tertiary/aromatic N) is 1. The van der Waals surface area contributed by atoms with E-state index in [2.05, 4.69) is 4.98 Å². The first kappa shape index (κ1) is 22.2. The van der Waals surface area contributed by atoms with E-state index in [9.17, 15) is 13.4 Å². The molecule has 4 aromatic rings. The van der Waals surface area contributed by atoms with Crippen LogP contribution in [0.2, 0.25) is 0 Å². The van der Waals surface area contributed by atoms with Gasteiger partial charge < -0.3 is 14.5 Å². The van der Waals surface area contributed by atoms with Gasteiger partial charge >= 0.3 is 6.09 Å². The number of nitrogens with one attached hydrogen (secondary N) is 1. The van der Waals surface area contributed by atoms with Crippen LogP contribution in [0.4, 0.5) is 9.18 Å². The van der Waals surface area contributed by atoms with Gasteiger partial charge in [-0.15, -0.1) is 0 Å². The minimum atomic E-state index is -1.10.